The number of imidazole rings is 1. The molecule has 1 aliphatic heterocycles. The number of ether oxygens (including phenoxy) is 1. The van der Waals surface area contributed by atoms with Gasteiger partial charge in [-0.05, 0) is 47.4 Å². The quantitative estimate of drug-likeness (QED) is 0.240. The second-order valence-corrected chi connectivity index (χ2v) is 12.5. The number of nitrogens with zero attached hydrogens (tertiary/aromatic N) is 2. The molecule has 6 rings (SSSR count). The summed E-state index contributed by atoms with van der Waals surface area (Å²) in [6.45, 7) is 2.57. The Morgan fingerprint density at radius 3 is 2.40 bits per heavy atom. The van der Waals surface area contributed by atoms with Gasteiger partial charge >= 0.3 is 0 Å². The predicted octanol–water partition coefficient (Wildman–Crippen LogP) is 6.55. The molecule has 1 aromatic heterocycles. The van der Waals surface area contributed by atoms with Crippen LogP contribution in [0.15, 0.2) is 96.0 Å². The Morgan fingerprint density at radius 1 is 0.953 bits per heavy atom. The summed E-state index contributed by atoms with van der Waals surface area (Å²) in [4.78, 5) is 22.8. The minimum absolute atomic E-state index is 0.0975. The van der Waals surface area contributed by atoms with Gasteiger partial charge in [-0.25, -0.2) is 17.8 Å². The molecule has 0 saturated carbocycles. The number of aromatic nitrogens is 2. The van der Waals surface area contributed by atoms with Gasteiger partial charge < -0.3 is 14.6 Å². The molecule has 0 atom stereocenters. The highest BCUT2D eigenvalue weighted by Crippen LogP contribution is 2.32. The van der Waals surface area contributed by atoms with Crippen LogP contribution in [0.25, 0.3) is 33.8 Å². The van der Waals surface area contributed by atoms with Crippen molar-refractivity contribution in [3.63, 3.8) is 0 Å². The minimum Gasteiger partial charge on any atom is -0.491 e. The molecule has 9 heteroatoms. The molecule has 218 valence electrons. The topological polar surface area (TPSA) is 92.4 Å². The molecular weight excluding hydrogens is 565 g/mol. The maximum atomic E-state index is 15.2. The maximum Gasteiger partial charge on any atom is 0.254 e. The van der Waals surface area contributed by atoms with Crippen LogP contribution in [0, 0.1) is 5.82 Å². The summed E-state index contributed by atoms with van der Waals surface area (Å²) < 4.78 is 45.2. The summed E-state index contributed by atoms with van der Waals surface area (Å²) in [5, 5.41) is 0. The zero-order valence-electron chi connectivity index (χ0n) is 23.8. The SMILES string of the molecule is CCc1c(C(=O)N2CCOc3ccc(-c4ccc(-c5cnc(-c6ccccc6)[nH]5)cc4)cc3C2)ccc(S(C)(=O)=O)c1F. The van der Waals surface area contributed by atoms with Crippen LogP contribution in [0.4, 0.5) is 4.39 Å². The van der Waals surface area contributed by atoms with Crippen LogP contribution < -0.4 is 4.74 Å². The van der Waals surface area contributed by atoms with E-state index in [9.17, 15) is 13.2 Å². The number of amides is 1. The summed E-state index contributed by atoms with van der Waals surface area (Å²) in [7, 11) is -3.76. The molecule has 0 bridgehead atoms. The fraction of sp³-hybridized carbons (Fsp3) is 0.176. The van der Waals surface area contributed by atoms with Crippen LogP contribution in [0.5, 0.6) is 5.75 Å². The number of carbonyl (C=O) groups excluding carboxylic acids is 1. The highest BCUT2D eigenvalue weighted by atomic mass is 32.2. The fourth-order valence-corrected chi connectivity index (χ4v) is 6.17. The lowest BCUT2D eigenvalue weighted by atomic mass is 10.00. The van der Waals surface area contributed by atoms with Crippen LogP contribution in [0.1, 0.15) is 28.4 Å². The van der Waals surface area contributed by atoms with Crippen molar-refractivity contribution in [3.05, 3.63) is 114 Å². The van der Waals surface area contributed by atoms with Crippen LogP contribution in [0.3, 0.4) is 0 Å². The maximum absolute atomic E-state index is 15.2. The van der Waals surface area contributed by atoms with Gasteiger partial charge in [-0.3, -0.25) is 4.79 Å². The van der Waals surface area contributed by atoms with Gasteiger partial charge in [0.25, 0.3) is 5.91 Å². The van der Waals surface area contributed by atoms with Gasteiger partial charge in [0.15, 0.2) is 9.84 Å². The van der Waals surface area contributed by atoms with Crippen molar-refractivity contribution in [1.82, 2.24) is 14.9 Å². The molecule has 1 N–H and O–H groups in total. The molecular formula is C34H30FN3O4S. The zero-order chi connectivity index (χ0) is 30.1. The normalized spacial score (nSPS) is 13.2. The number of benzene rings is 4. The number of hydrogen-bond donors (Lipinski definition) is 1. The Labute approximate surface area is 249 Å². The summed E-state index contributed by atoms with van der Waals surface area (Å²) in [5.74, 6) is 0.275. The number of hydrogen-bond acceptors (Lipinski definition) is 5. The first-order valence-electron chi connectivity index (χ1n) is 14.0. The molecule has 0 unspecified atom stereocenters. The molecule has 4 aromatic carbocycles. The van der Waals surface area contributed by atoms with Crippen LogP contribution in [-0.2, 0) is 22.8 Å². The van der Waals surface area contributed by atoms with E-state index in [4.69, 9.17) is 4.74 Å². The summed E-state index contributed by atoms with van der Waals surface area (Å²) in [5.41, 5.74) is 6.01. The van der Waals surface area contributed by atoms with E-state index in [2.05, 4.69) is 9.97 Å². The van der Waals surface area contributed by atoms with E-state index in [-0.39, 0.29) is 36.6 Å². The molecule has 5 aromatic rings. The van der Waals surface area contributed by atoms with E-state index in [0.717, 1.165) is 45.6 Å². The first kappa shape index (κ1) is 28.4. The molecule has 0 saturated heterocycles. The lowest BCUT2D eigenvalue weighted by molar-refractivity contribution is 0.0731. The smallest absolute Gasteiger partial charge is 0.254 e. The minimum atomic E-state index is -3.76. The highest BCUT2D eigenvalue weighted by molar-refractivity contribution is 7.90. The summed E-state index contributed by atoms with van der Waals surface area (Å²) in [6, 6.07) is 26.6. The average Bonchev–Trinajstić information content (AvgIpc) is 3.41. The average molecular weight is 596 g/mol. The van der Waals surface area contributed by atoms with Crippen molar-refractivity contribution in [1.29, 1.82) is 0 Å². The molecule has 0 fully saturated rings. The molecule has 2 heterocycles. The number of aromatic amines is 1. The molecule has 43 heavy (non-hydrogen) atoms. The first-order valence-corrected chi connectivity index (χ1v) is 15.9. The van der Waals surface area contributed by atoms with E-state index < -0.39 is 20.5 Å². The molecule has 1 amide bonds. The first-order chi connectivity index (χ1) is 20.7. The van der Waals surface area contributed by atoms with Gasteiger partial charge in [-0.2, -0.15) is 0 Å². The third kappa shape index (κ3) is 5.68. The molecule has 1 aliphatic rings. The monoisotopic (exact) mass is 595 g/mol. The van der Waals surface area contributed by atoms with Crippen molar-refractivity contribution in [2.75, 3.05) is 19.4 Å². The predicted molar refractivity (Wildman–Crippen MR) is 164 cm³/mol. The summed E-state index contributed by atoms with van der Waals surface area (Å²) >= 11 is 0. The van der Waals surface area contributed by atoms with Crippen molar-refractivity contribution in [2.45, 2.75) is 24.8 Å². The lowest BCUT2D eigenvalue weighted by Gasteiger charge is -2.22. The number of H-pyrrole nitrogens is 1. The van der Waals surface area contributed by atoms with Gasteiger partial charge in [-0.1, -0.05) is 67.6 Å². The molecule has 7 nitrogen and oxygen atoms in total. The van der Waals surface area contributed by atoms with Gasteiger partial charge in [0.05, 0.1) is 18.4 Å². The molecule has 0 aliphatic carbocycles. The third-order valence-electron chi connectivity index (χ3n) is 7.67. The van der Waals surface area contributed by atoms with E-state index in [1.54, 1.807) is 11.8 Å². The second kappa shape index (κ2) is 11.5. The van der Waals surface area contributed by atoms with E-state index >= 15 is 4.39 Å². The van der Waals surface area contributed by atoms with Crippen molar-refractivity contribution in [2.24, 2.45) is 0 Å². The zero-order valence-corrected chi connectivity index (χ0v) is 24.6. The van der Waals surface area contributed by atoms with Crippen LogP contribution in [-0.4, -0.2) is 48.6 Å². The number of nitrogens with one attached hydrogen (secondary N) is 1. The number of rotatable bonds is 6. The molecule has 0 spiro atoms. The fourth-order valence-electron chi connectivity index (χ4n) is 5.40. The number of carbonyl (C=O) groups is 1. The third-order valence-corrected chi connectivity index (χ3v) is 8.79. The van der Waals surface area contributed by atoms with Gasteiger partial charge in [0.2, 0.25) is 0 Å². The van der Waals surface area contributed by atoms with Crippen molar-refractivity contribution in [3.8, 4) is 39.5 Å². The summed E-state index contributed by atoms with van der Waals surface area (Å²) in [6.07, 6.45) is 2.97. The largest absolute Gasteiger partial charge is 0.491 e. The number of sulfone groups is 1. The van der Waals surface area contributed by atoms with E-state index in [1.807, 2.05) is 79.0 Å². The lowest BCUT2D eigenvalue weighted by Crippen LogP contribution is -2.33. The Morgan fingerprint density at radius 2 is 1.67 bits per heavy atom. The Balaban J connectivity index is 1.24. The Kier molecular flexibility index (Phi) is 7.58. The van der Waals surface area contributed by atoms with Crippen LogP contribution >= 0.6 is 0 Å². The van der Waals surface area contributed by atoms with Gasteiger partial charge in [0.1, 0.15) is 28.9 Å². The second-order valence-electron chi connectivity index (χ2n) is 10.5. The Hall–Kier alpha value is -4.76. The molecule has 0 radical (unpaired) electrons. The van der Waals surface area contributed by atoms with Crippen molar-refractivity contribution < 1.29 is 22.3 Å². The Bertz CT molecular complexity index is 1920. The van der Waals surface area contributed by atoms with Gasteiger partial charge in [-0.15, -0.1) is 0 Å². The van der Waals surface area contributed by atoms with E-state index in [0.29, 0.717) is 12.3 Å². The van der Waals surface area contributed by atoms with Crippen molar-refractivity contribution >= 4 is 15.7 Å². The van der Waals surface area contributed by atoms with Gasteiger partial charge in [0, 0.05) is 35.1 Å². The highest BCUT2D eigenvalue weighted by Gasteiger charge is 2.27. The standard InChI is InChI=1S/C34H30FN3O4S/c1-3-27-28(14-16-31(32(27)35)43(2,40)41)34(39)38-17-18-42-30-15-13-25(19-26(30)21-38)22-9-11-23(12-10-22)29-20-36-33(37-29)24-7-5-4-6-8-24/h4-16,19-20H,3,17-18,21H2,1-2H3,(H,36,37). The number of fused-ring (bicyclic) bond motifs is 1. The van der Waals surface area contributed by atoms with Crippen LogP contribution in [0.2, 0.25) is 0 Å². The van der Waals surface area contributed by atoms with E-state index in [1.165, 1.54) is 12.1 Å². The number of halogens is 1.